The zero-order valence-corrected chi connectivity index (χ0v) is 13.5. The predicted octanol–water partition coefficient (Wildman–Crippen LogP) is 3.90. The quantitative estimate of drug-likeness (QED) is 0.719. The van der Waals surface area contributed by atoms with Crippen molar-refractivity contribution < 1.29 is 36.2 Å². The summed E-state index contributed by atoms with van der Waals surface area (Å²) in [5.74, 6) is -2.83. The molecule has 2 aromatic carbocycles. The number of benzene rings is 2. The van der Waals surface area contributed by atoms with Gasteiger partial charge in [-0.3, -0.25) is 4.79 Å². The van der Waals surface area contributed by atoms with E-state index in [2.05, 4.69) is 4.74 Å². The molecule has 0 fully saturated rings. The van der Waals surface area contributed by atoms with Crippen LogP contribution < -0.4 is 9.47 Å². The number of likely N-dealkylation sites (N-methyl/N-ethyl adjacent to an activating group) is 1. The van der Waals surface area contributed by atoms with E-state index in [0.29, 0.717) is 11.6 Å². The Bertz CT molecular complexity index is 762. The van der Waals surface area contributed by atoms with E-state index < -0.39 is 30.5 Å². The Morgan fingerprint density at radius 2 is 1.73 bits per heavy atom. The van der Waals surface area contributed by atoms with Gasteiger partial charge in [-0.1, -0.05) is 12.1 Å². The number of hydrogen-bond acceptors (Lipinski definition) is 3. The Morgan fingerprint density at radius 3 is 2.31 bits per heavy atom. The first kappa shape index (κ1) is 19.5. The Balaban J connectivity index is 1.88. The van der Waals surface area contributed by atoms with E-state index >= 15 is 0 Å². The van der Waals surface area contributed by atoms with Gasteiger partial charge in [-0.25, -0.2) is 8.78 Å². The number of alkyl halides is 3. The maximum absolute atomic E-state index is 13.4. The van der Waals surface area contributed by atoms with Crippen molar-refractivity contribution >= 4 is 5.91 Å². The van der Waals surface area contributed by atoms with E-state index in [1.54, 1.807) is 0 Å². The molecule has 2 aromatic rings. The minimum Gasteiger partial charge on any atom is -0.481 e. The maximum atomic E-state index is 13.4. The summed E-state index contributed by atoms with van der Waals surface area (Å²) in [6, 6.07) is 7.72. The zero-order valence-electron chi connectivity index (χ0n) is 13.5. The summed E-state index contributed by atoms with van der Waals surface area (Å²) in [6.45, 7) is -0.380. The summed E-state index contributed by atoms with van der Waals surface area (Å²) in [5.41, 5.74) is 0.559. The van der Waals surface area contributed by atoms with Crippen LogP contribution in [0.15, 0.2) is 42.5 Å². The molecule has 4 nitrogen and oxygen atoms in total. The van der Waals surface area contributed by atoms with Crippen molar-refractivity contribution in [2.45, 2.75) is 12.9 Å². The van der Waals surface area contributed by atoms with Crippen LogP contribution >= 0.6 is 0 Å². The molecular formula is C17H14F5NO3. The lowest BCUT2D eigenvalue weighted by atomic mass is 10.2. The van der Waals surface area contributed by atoms with E-state index in [1.807, 2.05) is 0 Å². The van der Waals surface area contributed by atoms with Crippen LogP contribution in [0.25, 0.3) is 0 Å². The second-order valence-corrected chi connectivity index (χ2v) is 5.30. The second-order valence-electron chi connectivity index (χ2n) is 5.30. The molecule has 0 heterocycles. The number of halogens is 5. The van der Waals surface area contributed by atoms with Gasteiger partial charge < -0.3 is 14.4 Å². The average molecular weight is 375 g/mol. The number of amides is 1. The summed E-state index contributed by atoms with van der Waals surface area (Å²) in [6.07, 6.45) is -4.78. The Labute approximate surface area is 145 Å². The first-order valence-electron chi connectivity index (χ1n) is 7.30. The van der Waals surface area contributed by atoms with Gasteiger partial charge >= 0.3 is 6.36 Å². The van der Waals surface area contributed by atoms with Crippen LogP contribution in [0.1, 0.15) is 5.56 Å². The molecule has 9 heteroatoms. The highest BCUT2D eigenvalue weighted by Crippen LogP contribution is 2.23. The monoisotopic (exact) mass is 375 g/mol. The lowest BCUT2D eigenvalue weighted by Gasteiger charge is -2.18. The lowest BCUT2D eigenvalue weighted by Crippen LogP contribution is -2.31. The molecule has 0 saturated heterocycles. The standard InChI is InChI=1S/C17H14F5NO3/c1-23(9-11-2-5-13(6-3-11)26-17(20,21)22)16(24)10-25-15-7-4-12(18)8-14(15)19/h2-8H,9-10H2,1H3. The highest BCUT2D eigenvalue weighted by Gasteiger charge is 2.30. The van der Waals surface area contributed by atoms with Gasteiger partial charge in [-0.05, 0) is 29.8 Å². The first-order chi connectivity index (χ1) is 12.1. The van der Waals surface area contributed by atoms with Gasteiger partial charge in [0.05, 0.1) is 0 Å². The summed E-state index contributed by atoms with van der Waals surface area (Å²) < 4.78 is 71.3. The zero-order chi connectivity index (χ0) is 19.3. The van der Waals surface area contributed by atoms with Gasteiger partial charge in [-0.15, -0.1) is 13.2 Å². The van der Waals surface area contributed by atoms with Crippen molar-refractivity contribution in [3.8, 4) is 11.5 Å². The molecule has 0 aliphatic carbocycles. The van der Waals surface area contributed by atoms with Crippen LogP contribution in [0.2, 0.25) is 0 Å². The van der Waals surface area contributed by atoms with Gasteiger partial charge in [0.2, 0.25) is 0 Å². The Morgan fingerprint density at radius 1 is 1.08 bits per heavy atom. The van der Waals surface area contributed by atoms with Gasteiger partial charge in [0, 0.05) is 19.7 Å². The molecule has 2 rings (SSSR count). The molecule has 0 radical (unpaired) electrons. The number of nitrogens with zero attached hydrogens (tertiary/aromatic N) is 1. The van der Waals surface area contributed by atoms with Gasteiger partial charge in [0.25, 0.3) is 5.91 Å². The molecule has 0 aromatic heterocycles. The summed E-state index contributed by atoms with van der Waals surface area (Å²) in [5, 5.41) is 0. The largest absolute Gasteiger partial charge is 0.573 e. The number of carbonyl (C=O) groups excluding carboxylic acids is 1. The van der Waals surface area contributed by atoms with E-state index in [0.717, 1.165) is 24.3 Å². The molecule has 0 spiro atoms. The molecule has 140 valence electrons. The maximum Gasteiger partial charge on any atom is 0.573 e. The van der Waals surface area contributed by atoms with Crippen molar-refractivity contribution in [3.05, 3.63) is 59.7 Å². The molecule has 0 unspecified atom stereocenters. The molecule has 26 heavy (non-hydrogen) atoms. The fourth-order valence-corrected chi connectivity index (χ4v) is 2.00. The Kier molecular flexibility index (Phi) is 6.01. The minimum absolute atomic E-state index is 0.0976. The molecule has 0 aliphatic rings. The average Bonchev–Trinajstić information content (AvgIpc) is 2.54. The lowest BCUT2D eigenvalue weighted by molar-refractivity contribution is -0.274. The summed E-state index contributed by atoms with van der Waals surface area (Å²) in [7, 11) is 1.45. The van der Waals surface area contributed by atoms with E-state index in [4.69, 9.17) is 4.74 Å². The van der Waals surface area contributed by atoms with Gasteiger partial charge in [-0.2, -0.15) is 0 Å². The Hall–Kier alpha value is -2.84. The highest BCUT2D eigenvalue weighted by atomic mass is 19.4. The first-order valence-corrected chi connectivity index (χ1v) is 7.30. The second kappa shape index (κ2) is 8.03. The van der Waals surface area contributed by atoms with Crippen molar-refractivity contribution in [3.63, 3.8) is 0 Å². The fourth-order valence-electron chi connectivity index (χ4n) is 2.00. The third-order valence-electron chi connectivity index (χ3n) is 3.25. The van der Waals surface area contributed by atoms with Gasteiger partial charge in [0.15, 0.2) is 18.2 Å². The fraction of sp³-hybridized carbons (Fsp3) is 0.235. The molecule has 0 saturated carbocycles. The summed E-state index contributed by atoms with van der Waals surface area (Å²) in [4.78, 5) is 13.2. The third-order valence-corrected chi connectivity index (χ3v) is 3.25. The third kappa shape index (κ3) is 5.91. The van der Waals surface area contributed by atoms with Gasteiger partial charge in [0.1, 0.15) is 11.6 Å². The van der Waals surface area contributed by atoms with E-state index in [-0.39, 0.29) is 18.0 Å². The van der Waals surface area contributed by atoms with Crippen molar-refractivity contribution in [2.75, 3.05) is 13.7 Å². The van der Waals surface area contributed by atoms with Crippen LogP contribution in [0, 0.1) is 11.6 Å². The molecule has 0 atom stereocenters. The highest BCUT2D eigenvalue weighted by molar-refractivity contribution is 5.77. The van der Waals surface area contributed by atoms with Crippen LogP contribution in [0.3, 0.4) is 0 Å². The molecule has 0 bridgehead atoms. The van der Waals surface area contributed by atoms with Crippen molar-refractivity contribution in [1.82, 2.24) is 4.90 Å². The van der Waals surface area contributed by atoms with E-state index in [1.165, 1.54) is 24.1 Å². The topological polar surface area (TPSA) is 38.8 Å². The van der Waals surface area contributed by atoms with Crippen molar-refractivity contribution in [1.29, 1.82) is 0 Å². The number of rotatable bonds is 6. The normalized spacial score (nSPS) is 11.2. The molecule has 1 amide bonds. The SMILES string of the molecule is CN(Cc1ccc(OC(F)(F)F)cc1)C(=O)COc1ccc(F)cc1F. The van der Waals surface area contributed by atoms with Crippen LogP contribution in [-0.4, -0.2) is 30.8 Å². The predicted molar refractivity (Wildman–Crippen MR) is 81.5 cm³/mol. The van der Waals surface area contributed by atoms with E-state index in [9.17, 15) is 26.7 Å². The molecular weight excluding hydrogens is 361 g/mol. The number of carbonyl (C=O) groups is 1. The molecule has 0 aliphatic heterocycles. The summed E-state index contributed by atoms with van der Waals surface area (Å²) >= 11 is 0. The van der Waals surface area contributed by atoms with Crippen LogP contribution in [0.5, 0.6) is 11.5 Å². The minimum atomic E-state index is -4.78. The smallest absolute Gasteiger partial charge is 0.481 e. The van der Waals surface area contributed by atoms with Crippen LogP contribution in [0.4, 0.5) is 22.0 Å². The van der Waals surface area contributed by atoms with Crippen molar-refractivity contribution in [2.24, 2.45) is 0 Å². The van der Waals surface area contributed by atoms with Crippen LogP contribution in [-0.2, 0) is 11.3 Å². The number of ether oxygens (including phenoxy) is 2. The number of hydrogen-bond donors (Lipinski definition) is 0. The molecule has 0 N–H and O–H groups in total.